The van der Waals surface area contributed by atoms with Crippen molar-refractivity contribution in [3.8, 4) is 0 Å². The highest BCUT2D eigenvalue weighted by atomic mass is 35.5. The normalized spacial score (nSPS) is 22.8. The van der Waals surface area contributed by atoms with Crippen LogP contribution in [0.15, 0.2) is 32.9 Å². The van der Waals surface area contributed by atoms with Crippen LogP contribution in [-0.2, 0) is 23.0 Å². The van der Waals surface area contributed by atoms with Crippen LogP contribution in [-0.4, -0.2) is 84.1 Å². The van der Waals surface area contributed by atoms with Gasteiger partial charge >= 0.3 is 5.91 Å². The number of piperazine rings is 1. The largest absolute Gasteiger partial charge is 0.436 e. The van der Waals surface area contributed by atoms with Crippen molar-refractivity contribution in [2.24, 2.45) is 0 Å². The Hall–Kier alpha value is -2.20. The number of likely N-dealkylation sites (N-methyl/N-ethyl adjacent to an activating group) is 1. The SMILES string of the molecule is CN1CCc2nc(C(=O)N3CCN(S(=O)(=O)c4cc5ccc(Cl)cc5s4)CC3CCC3NSC(=O)N3)oc2C1. The highest BCUT2D eigenvalue weighted by Gasteiger charge is 2.39. The van der Waals surface area contributed by atoms with E-state index in [0.717, 1.165) is 34.3 Å². The van der Waals surface area contributed by atoms with Gasteiger partial charge in [-0.1, -0.05) is 17.7 Å². The van der Waals surface area contributed by atoms with Crippen LogP contribution in [0.1, 0.15) is 35.0 Å². The number of nitrogens with one attached hydrogen (secondary N) is 2. The average Bonchev–Trinajstić information content (AvgIpc) is 3.64. The molecule has 3 aromatic rings. The van der Waals surface area contributed by atoms with Crippen LogP contribution in [0, 0.1) is 0 Å². The smallest absolute Gasteiger partial charge is 0.310 e. The molecule has 2 aromatic heterocycles. The van der Waals surface area contributed by atoms with Crippen molar-refractivity contribution in [1.82, 2.24) is 29.1 Å². The molecule has 208 valence electrons. The quantitative estimate of drug-likeness (QED) is 0.405. The zero-order valence-corrected chi connectivity index (χ0v) is 24.3. The Morgan fingerprint density at radius 1 is 1.23 bits per heavy atom. The second-order valence-electron chi connectivity index (χ2n) is 9.92. The molecule has 1 aromatic carbocycles. The molecule has 0 radical (unpaired) electrons. The minimum atomic E-state index is -3.80. The van der Waals surface area contributed by atoms with Gasteiger partial charge < -0.3 is 14.6 Å². The Kier molecular flexibility index (Phi) is 7.37. The van der Waals surface area contributed by atoms with Crippen molar-refractivity contribution >= 4 is 66.1 Å². The van der Waals surface area contributed by atoms with Crippen molar-refractivity contribution in [2.45, 2.75) is 42.2 Å². The number of fused-ring (bicyclic) bond motifs is 2. The molecule has 2 N–H and O–H groups in total. The molecule has 2 unspecified atom stereocenters. The Bertz CT molecular complexity index is 1540. The fourth-order valence-electron chi connectivity index (χ4n) is 5.15. The summed E-state index contributed by atoms with van der Waals surface area (Å²) in [5.74, 6) is 0.397. The van der Waals surface area contributed by atoms with E-state index in [4.69, 9.17) is 16.0 Å². The maximum atomic E-state index is 13.7. The van der Waals surface area contributed by atoms with Crippen LogP contribution in [0.2, 0.25) is 5.02 Å². The van der Waals surface area contributed by atoms with Gasteiger partial charge in [-0.2, -0.15) is 4.31 Å². The Balaban J connectivity index is 1.24. The molecular weight excluding hydrogens is 584 g/mol. The molecule has 11 nitrogen and oxygen atoms in total. The molecule has 15 heteroatoms. The number of thiophene rings is 1. The molecule has 2 fully saturated rings. The van der Waals surface area contributed by atoms with Gasteiger partial charge in [0.15, 0.2) is 0 Å². The number of aromatic nitrogens is 1. The third-order valence-corrected chi connectivity index (χ3v) is 11.6. The van der Waals surface area contributed by atoms with Crippen molar-refractivity contribution in [2.75, 3.05) is 33.2 Å². The summed E-state index contributed by atoms with van der Waals surface area (Å²) >= 11 is 8.28. The Labute approximate surface area is 239 Å². The van der Waals surface area contributed by atoms with Crippen LogP contribution in [0.3, 0.4) is 0 Å². The number of amides is 2. The van der Waals surface area contributed by atoms with Gasteiger partial charge in [0, 0.05) is 60.3 Å². The van der Waals surface area contributed by atoms with Gasteiger partial charge in [-0.15, -0.1) is 11.3 Å². The lowest BCUT2D eigenvalue weighted by molar-refractivity contribution is 0.0501. The average molecular weight is 611 g/mol. The Morgan fingerprint density at radius 2 is 2.08 bits per heavy atom. The molecule has 2 atom stereocenters. The first-order valence-corrected chi connectivity index (χ1v) is 16.0. The summed E-state index contributed by atoms with van der Waals surface area (Å²) in [7, 11) is -1.81. The van der Waals surface area contributed by atoms with E-state index in [1.807, 2.05) is 7.05 Å². The predicted molar refractivity (Wildman–Crippen MR) is 149 cm³/mol. The number of rotatable bonds is 6. The summed E-state index contributed by atoms with van der Waals surface area (Å²) in [4.78, 5) is 33.5. The van der Waals surface area contributed by atoms with Crippen LogP contribution in [0.4, 0.5) is 4.79 Å². The second kappa shape index (κ2) is 10.7. The molecule has 6 rings (SSSR count). The van der Waals surface area contributed by atoms with E-state index in [1.54, 1.807) is 29.2 Å². The molecule has 2 saturated heterocycles. The number of oxazole rings is 1. The first kappa shape index (κ1) is 27.0. The lowest BCUT2D eigenvalue weighted by Gasteiger charge is -2.40. The fraction of sp³-hybridized carbons (Fsp3) is 0.458. The predicted octanol–water partition coefficient (Wildman–Crippen LogP) is 3.11. The summed E-state index contributed by atoms with van der Waals surface area (Å²) in [5.41, 5.74) is 0.800. The maximum absolute atomic E-state index is 13.7. The maximum Gasteiger partial charge on any atom is 0.310 e. The second-order valence-corrected chi connectivity index (χ2v) is 14.4. The van der Waals surface area contributed by atoms with Gasteiger partial charge in [-0.3, -0.25) is 14.5 Å². The van der Waals surface area contributed by atoms with Crippen molar-refractivity contribution in [3.63, 3.8) is 0 Å². The van der Waals surface area contributed by atoms with Gasteiger partial charge in [0.2, 0.25) is 0 Å². The van der Waals surface area contributed by atoms with Crippen LogP contribution in [0.5, 0.6) is 0 Å². The number of halogens is 1. The lowest BCUT2D eigenvalue weighted by atomic mass is 10.1. The van der Waals surface area contributed by atoms with E-state index in [-0.39, 0.29) is 47.0 Å². The minimum Gasteiger partial charge on any atom is -0.436 e. The number of benzene rings is 1. The molecule has 3 aliphatic heterocycles. The summed E-state index contributed by atoms with van der Waals surface area (Å²) in [6.45, 7) is 1.91. The third-order valence-electron chi connectivity index (χ3n) is 7.24. The Morgan fingerprint density at radius 3 is 2.87 bits per heavy atom. The number of sulfonamides is 1. The van der Waals surface area contributed by atoms with E-state index < -0.39 is 16.1 Å². The molecular formula is C24H27ClN6O5S3. The van der Waals surface area contributed by atoms with Crippen LogP contribution in [0.25, 0.3) is 10.1 Å². The van der Waals surface area contributed by atoms with Gasteiger partial charge in [0.1, 0.15) is 9.97 Å². The highest BCUT2D eigenvalue weighted by molar-refractivity contribution is 8.12. The number of carbonyl (C=O) groups excluding carboxylic acids is 2. The van der Waals surface area contributed by atoms with Gasteiger partial charge in [0.25, 0.3) is 21.2 Å². The summed E-state index contributed by atoms with van der Waals surface area (Å²) in [6.07, 6.45) is 1.45. The molecule has 3 aliphatic rings. The third kappa shape index (κ3) is 5.43. The molecule has 0 saturated carbocycles. The van der Waals surface area contributed by atoms with Gasteiger partial charge in [-0.05, 0) is 43.5 Å². The van der Waals surface area contributed by atoms with Gasteiger partial charge in [-0.25, -0.2) is 18.1 Å². The highest BCUT2D eigenvalue weighted by Crippen LogP contribution is 2.34. The number of hydrogen-bond donors (Lipinski definition) is 2. The first-order valence-electron chi connectivity index (χ1n) is 12.6. The number of nitrogens with zero attached hydrogens (tertiary/aromatic N) is 4. The molecule has 2 amide bonds. The summed E-state index contributed by atoms with van der Waals surface area (Å²) < 4.78 is 38.8. The molecule has 39 heavy (non-hydrogen) atoms. The van der Waals surface area contributed by atoms with Crippen molar-refractivity contribution in [1.29, 1.82) is 0 Å². The zero-order chi connectivity index (χ0) is 27.3. The van der Waals surface area contributed by atoms with E-state index in [0.29, 0.717) is 36.6 Å². The fourth-order valence-corrected chi connectivity index (χ4v) is 9.07. The van der Waals surface area contributed by atoms with E-state index in [9.17, 15) is 18.0 Å². The monoisotopic (exact) mass is 610 g/mol. The minimum absolute atomic E-state index is 0.0424. The summed E-state index contributed by atoms with van der Waals surface area (Å²) in [6, 6.07) is 6.54. The zero-order valence-electron chi connectivity index (χ0n) is 21.1. The van der Waals surface area contributed by atoms with E-state index in [1.165, 1.54) is 15.6 Å². The van der Waals surface area contributed by atoms with Crippen molar-refractivity contribution < 1.29 is 22.4 Å². The van der Waals surface area contributed by atoms with E-state index >= 15 is 0 Å². The van der Waals surface area contributed by atoms with E-state index in [2.05, 4.69) is 19.9 Å². The van der Waals surface area contributed by atoms with Crippen LogP contribution < -0.4 is 10.0 Å². The number of carbonyl (C=O) groups is 2. The first-order chi connectivity index (χ1) is 18.7. The molecule has 0 spiro atoms. The summed E-state index contributed by atoms with van der Waals surface area (Å²) in [5, 5.41) is 4.02. The van der Waals surface area contributed by atoms with Crippen LogP contribution >= 0.6 is 34.9 Å². The van der Waals surface area contributed by atoms with Gasteiger partial charge in [0.05, 0.1) is 18.4 Å². The number of hydrogen-bond acceptors (Lipinski definition) is 10. The lowest BCUT2D eigenvalue weighted by Crippen LogP contribution is -2.56. The topological polar surface area (TPSA) is 128 Å². The molecule has 0 aliphatic carbocycles. The molecule has 0 bridgehead atoms. The molecule has 5 heterocycles. The van der Waals surface area contributed by atoms with Crippen molar-refractivity contribution in [3.05, 3.63) is 46.6 Å². The standard InChI is InChI=1S/C24H27ClN6O5S3/c1-29-7-6-17-18(13-29)36-22(26-17)23(32)31-9-8-30(12-16(31)4-5-20-27-24(33)38-28-20)39(34,35)21-10-14-2-3-15(25)11-19(14)37-21/h2-3,10-11,16,20,28H,4-9,12-13H2,1H3,(H,27,33).